The molecule has 32 heavy (non-hydrogen) atoms. The molecule has 3 aromatic carbocycles. The quantitative estimate of drug-likeness (QED) is 0.258. The number of ether oxygens (including phenoxy) is 2. The highest BCUT2D eigenvalue weighted by atomic mass is 79.9. The van der Waals surface area contributed by atoms with Gasteiger partial charge in [-0.25, -0.2) is 0 Å². The Balaban J connectivity index is 1.72. The average Bonchev–Trinajstić information content (AvgIpc) is 3.44. The number of hydrogen-bond donors (Lipinski definition) is 0. The van der Waals surface area contributed by atoms with Crippen LogP contribution in [-0.4, -0.2) is 19.9 Å². The number of hydrogen-bond acceptors (Lipinski definition) is 5. The van der Waals surface area contributed by atoms with Crippen molar-refractivity contribution in [2.45, 2.75) is 12.5 Å². The normalized spacial score (nSPS) is 15.8. The van der Waals surface area contributed by atoms with Crippen LogP contribution in [0.4, 0.5) is 5.69 Å². The third kappa shape index (κ3) is 3.49. The molecule has 162 valence electrons. The zero-order chi connectivity index (χ0) is 22.2. The monoisotopic (exact) mass is 554 g/mol. The Labute approximate surface area is 202 Å². The van der Waals surface area contributed by atoms with E-state index < -0.39 is 0 Å². The van der Waals surface area contributed by atoms with Crippen LogP contribution in [-0.2, 0) is 0 Å². The molecule has 0 spiro atoms. The zero-order valence-electron chi connectivity index (χ0n) is 17.5. The second-order valence-corrected chi connectivity index (χ2v) is 8.98. The highest BCUT2D eigenvalue weighted by Crippen LogP contribution is 2.48. The number of fused-ring (bicyclic) bond motifs is 1. The van der Waals surface area contributed by atoms with Crippen LogP contribution in [0.3, 0.4) is 0 Å². The van der Waals surface area contributed by atoms with Crippen molar-refractivity contribution in [2.24, 2.45) is 5.10 Å². The second-order valence-electron chi connectivity index (χ2n) is 7.41. The molecule has 1 aliphatic heterocycles. The number of benzene rings is 3. The molecule has 2 heterocycles. The molecule has 1 unspecified atom stereocenters. The SMILES string of the molecule is COc1c(C2=NN(c3ccccc3)C(c3ccccc3)C2)c(OC)c2cc(Br)oc2c1Br. The Morgan fingerprint density at radius 1 is 0.938 bits per heavy atom. The highest BCUT2D eigenvalue weighted by Gasteiger charge is 2.35. The summed E-state index contributed by atoms with van der Waals surface area (Å²) in [5.41, 5.74) is 4.59. The third-order valence-corrected chi connectivity index (χ3v) is 6.72. The van der Waals surface area contributed by atoms with Crippen molar-refractivity contribution in [1.29, 1.82) is 0 Å². The van der Waals surface area contributed by atoms with Gasteiger partial charge in [0.25, 0.3) is 0 Å². The Hall–Kier alpha value is -2.77. The van der Waals surface area contributed by atoms with Crippen molar-refractivity contribution in [2.75, 3.05) is 19.2 Å². The number of hydrazone groups is 1. The fourth-order valence-corrected chi connectivity index (χ4v) is 5.27. The molecule has 0 aliphatic carbocycles. The van der Waals surface area contributed by atoms with E-state index in [2.05, 4.69) is 73.3 Å². The first kappa shape index (κ1) is 21.1. The number of nitrogens with zero attached hydrogens (tertiary/aromatic N) is 2. The second kappa shape index (κ2) is 8.64. The minimum absolute atomic E-state index is 0.0496. The largest absolute Gasteiger partial charge is 0.495 e. The summed E-state index contributed by atoms with van der Waals surface area (Å²) in [7, 11) is 3.30. The molecular formula is C25H20Br2N2O3. The van der Waals surface area contributed by atoms with Gasteiger partial charge in [0.1, 0.15) is 16.0 Å². The highest BCUT2D eigenvalue weighted by molar-refractivity contribution is 9.11. The van der Waals surface area contributed by atoms with Crippen LogP contribution in [0.25, 0.3) is 11.0 Å². The molecule has 0 saturated heterocycles. The van der Waals surface area contributed by atoms with Crippen LogP contribution >= 0.6 is 31.9 Å². The van der Waals surface area contributed by atoms with Gasteiger partial charge >= 0.3 is 0 Å². The molecule has 1 aliphatic rings. The number of methoxy groups -OCH3 is 2. The van der Waals surface area contributed by atoms with Crippen LogP contribution in [0.5, 0.6) is 11.5 Å². The smallest absolute Gasteiger partial charge is 0.170 e. The predicted octanol–water partition coefficient (Wildman–Crippen LogP) is 7.33. The zero-order valence-corrected chi connectivity index (χ0v) is 20.7. The average molecular weight is 556 g/mol. The number of para-hydroxylation sites is 1. The maximum absolute atomic E-state index is 5.88. The van der Waals surface area contributed by atoms with E-state index >= 15 is 0 Å². The van der Waals surface area contributed by atoms with E-state index in [4.69, 9.17) is 19.0 Å². The van der Waals surface area contributed by atoms with E-state index in [0.29, 0.717) is 28.2 Å². The lowest BCUT2D eigenvalue weighted by Gasteiger charge is -2.23. The van der Waals surface area contributed by atoms with Gasteiger partial charge in [-0.2, -0.15) is 5.10 Å². The summed E-state index contributed by atoms with van der Waals surface area (Å²) in [6, 6.07) is 22.6. The van der Waals surface area contributed by atoms with Crippen LogP contribution in [0.2, 0.25) is 0 Å². The summed E-state index contributed by atoms with van der Waals surface area (Å²) in [6.07, 6.45) is 0.697. The molecule has 0 saturated carbocycles. The first-order valence-corrected chi connectivity index (χ1v) is 11.7. The standard InChI is InChI=1S/C25H20Br2N2O3/c1-30-23-17-13-20(26)32-24(17)22(27)25(31-2)21(23)18-14-19(15-9-5-3-6-10-15)29(28-18)16-11-7-4-8-12-16/h3-13,19H,14H2,1-2H3. The molecule has 5 rings (SSSR count). The van der Waals surface area contributed by atoms with Gasteiger partial charge < -0.3 is 13.9 Å². The first-order chi connectivity index (χ1) is 15.6. The Morgan fingerprint density at radius 3 is 2.25 bits per heavy atom. The van der Waals surface area contributed by atoms with Crippen LogP contribution in [0.15, 0.2) is 85.4 Å². The summed E-state index contributed by atoms with van der Waals surface area (Å²) in [6.45, 7) is 0. The Kier molecular flexibility index (Phi) is 5.69. The summed E-state index contributed by atoms with van der Waals surface area (Å²) in [5, 5.41) is 8.01. The van der Waals surface area contributed by atoms with Gasteiger partial charge in [0.2, 0.25) is 0 Å². The van der Waals surface area contributed by atoms with E-state index in [1.807, 2.05) is 30.3 Å². The minimum Gasteiger partial charge on any atom is -0.495 e. The summed E-state index contributed by atoms with van der Waals surface area (Å²) < 4.78 is 18.9. The number of halogens is 2. The van der Waals surface area contributed by atoms with E-state index in [1.165, 1.54) is 5.56 Å². The van der Waals surface area contributed by atoms with Gasteiger partial charge in [0.05, 0.1) is 42.6 Å². The van der Waals surface area contributed by atoms with Crippen LogP contribution in [0.1, 0.15) is 23.6 Å². The topological polar surface area (TPSA) is 47.2 Å². The first-order valence-electron chi connectivity index (χ1n) is 10.1. The molecule has 0 radical (unpaired) electrons. The third-order valence-electron chi connectivity index (χ3n) is 5.61. The van der Waals surface area contributed by atoms with Crippen LogP contribution in [0, 0.1) is 0 Å². The lowest BCUT2D eigenvalue weighted by atomic mass is 9.96. The molecular weight excluding hydrogens is 536 g/mol. The number of anilines is 1. The van der Waals surface area contributed by atoms with Gasteiger partial charge in [-0.3, -0.25) is 5.01 Å². The van der Waals surface area contributed by atoms with Gasteiger partial charge in [0, 0.05) is 12.5 Å². The predicted molar refractivity (Wildman–Crippen MR) is 134 cm³/mol. The maximum atomic E-state index is 5.88. The van der Waals surface area contributed by atoms with Crippen molar-refractivity contribution in [3.63, 3.8) is 0 Å². The Bertz CT molecular complexity index is 1300. The van der Waals surface area contributed by atoms with E-state index in [1.54, 1.807) is 14.2 Å². The summed E-state index contributed by atoms with van der Waals surface area (Å²) in [4.78, 5) is 0. The fraction of sp³-hybridized carbons (Fsp3) is 0.160. The minimum atomic E-state index is 0.0496. The van der Waals surface area contributed by atoms with Crippen LogP contribution < -0.4 is 14.5 Å². The van der Waals surface area contributed by atoms with Crippen molar-refractivity contribution in [3.8, 4) is 11.5 Å². The molecule has 4 aromatic rings. The number of furan rings is 1. The lowest BCUT2D eigenvalue weighted by Crippen LogP contribution is -2.18. The van der Waals surface area contributed by atoms with Gasteiger partial charge in [-0.05, 0) is 49.6 Å². The molecule has 0 amide bonds. The molecule has 1 aromatic heterocycles. The van der Waals surface area contributed by atoms with Gasteiger partial charge in [0.15, 0.2) is 10.3 Å². The number of rotatable bonds is 5. The molecule has 0 N–H and O–H groups in total. The van der Waals surface area contributed by atoms with Crippen molar-refractivity contribution >= 4 is 54.2 Å². The maximum Gasteiger partial charge on any atom is 0.170 e. The van der Waals surface area contributed by atoms with Crippen molar-refractivity contribution in [1.82, 2.24) is 0 Å². The van der Waals surface area contributed by atoms with Gasteiger partial charge in [-0.1, -0.05) is 48.5 Å². The molecule has 1 atom stereocenters. The molecule has 5 nitrogen and oxygen atoms in total. The van der Waals surface area contributed by atoms with Crippen molar-refractivity contribution in [3.05, 3.63) is 87.0 Å². The van der Waals surface area contributed by atoms with Crippen molar-refractivity contribution < 1.29 is 13.9 Å². The van der Waals surface area contributed by atoms with E-state index in [9.17, 15) is 0 Å². The van der Waals surface area contributed by atoms with Gasteiger partial charge in [-0.15, -0.1) is 0 Å². The fourth-order valence-electron chi connectivity index (χ4n) is 4.22. The summed E-state index contributed by atoms with van der Waals surface area (Å²) in [5.74, 6) is 1.31. The molecule has 7 heteroatoms. The molecule has 0 fully saturated rings. The molecule has 0 bridgehead atoms. The Morgan fingerprint density at radius 2 is 1.59 bits per heavy atom. The summed E-state index contributed by atoms with van der Waals surface area (Å²) >= 11 is 7.11. The van der Waals surface area contributed by atoms with E-state index in [0.717, 1.165) is 26.8 Å². The van der Waals surface area contributed by atoms with E-state index in [-0.39, 0.29) is 6.04 Å². The lowest BCUT2D eigenvalue weighted by molar-refractivity contribution is 0.393.